The van der Waals surface area contributed by atoms with E-state index in [1.165, 1.54) is 0 Å². The van der Waals surface area contributed by atoms with Gasteiger partial charge in [0.05, 0.1) is 0 Å². The highest BCUT2D eigenvalue weighted by molar-refractivity contribution is 14.1. The van der Waals surface area contributed by atoms with Crippen molar-refractivity contribution in [2.24, 2.45) is 0 Å². The van der Waals surface area contributed by atoms with Gasteiger partial charge < -0.3 is 0 Å². The molecule has 5 heteroatoms. The first-order valence-corrected chi connectivity index (χ1v) is 6.17. The van der Waals surface area contributed by atoms with Crippen molar-refractivity contribution in [3.63, 3.8) is 0 Å². The van der Waals surface area contributed by atoms with Crippen LogP contribution in [0.1, 0.15) is 13.8 Å². The molecule has 0 aliphatic rings. The molecule has 0 aliphatic heterocycles. The van der Waals surface area contributed by atoms with Crippen LogP contribution in [0.15, 0.2) is 0 Å². The zero-order valence-corrected chi connectivity index (χ0v) is 9.52. The van der Waals surface area contributed by atoms with E-state index in [0.717, 1.165) is 0 Å². The van der Waals surface area contributed by atoms with Gasteiger partial charge in [-0.3, -0.25) is 0 Å². The summed E-state index contributed by atoms with van der Waals surface area (Å²) in [6, 6.07) is 0. The van der Waals surface area contributed by atoms with E-state index in [0.29, 0.717) is 13.2 Å². The number of alkyl halides is 1. The van der Waals surface area contributed by atoms with E-state index in [9.17, 15) is 4.57 Å². The highest BCUT2D eigenvalue weighted by atomic mass is 127. The van der Waals surface area contributed by atoms with Crippen LogP contribution in [0.3, 0.4) is 0 Å². The minimum Gasteiger partial charge on any atom is -0.119 e. The monoisotopic (exact) mass is 279 g/mol. The molecule has 0 N–H and O–H groups in total. The molecule has 0 aromatic heterocycles. The van der Waals surface area contributed by atoms with Crippen LogP contribution in [-0.2, 0) is 13.6 Å². The summed E-state index contributed by atoms with van der Waals surface area (Å²) in [7, 11) is -1.83. The molecular formula is C5H13IO3P+. The van der Waals surface area contributed by atoms with Crippen LogP contribution in [0.4, 0.5) is 0 Å². The molecular weight excluding hydrogens is 266 g/mol. The van der Waals surface area contributed by atoms with Crippen LogP contribution >= 0.6 is 30.8 Å². The lowest BCUT2D eigenvalue weighted by molar-refractivity contribution is 0.243. The molecule has 0 atom stereocenters. The lowest BCUT2D eigenvalue weighted by Crippen LogP contribution is -1.81. The average molecular weight is 279 g/mol. The van der Waals surface area contributed by atoms with Crippen LogP contribution in [0.2, 0.25) is 0 Å². The summed E-state index contributed by atoms with van der Waals surface area (Å²) in [4.78, 5) is 1.97. The molecule has 62 valence electrons. The zero-order valence-electron chi connectivity index (χ0n) is 6.46. The molecule has 0 saturated carbocycles. The smallest absolute Gasteiger partial charge is 0.119 e. The molecule has 10 heavy (non-hydrogen) atoms. The minimum absolute atomic E-state index is 0.440. The van der Waals surface area contributed by atoms with Crippen molar-refractivity contribution < 1.29 is 13.6 Å². The van der Waals surface area contributed by atoms with Crippen LogP contribution in [0.25, 0.3) is 0 Å². The predicted molar refractivity (Wildman–Crippen MR) is 50.8 cm³/mol. The number of hydrogen-bond donors (Lipinski definition) is 0. The van der Waals surface area contributed by atoms with Crippen molar-refractivity contribution in [3.8, 4) is 0 Å². The van der Waals surface area contributed by atoms with Gasteiger partial charge in [-0.2, -0.15) is 0 Å². The Hall–Kier alpha value is 0.750. The number of halogens is 1. The molecule has 0 radical (unpaired) electrons. The van der Waals surface area contributed by atoms with Gasteiger partial charge in [0.15, 0.2) is 0 Å². The highest BCUT2D eigenvalue weighted by Gasteiger charge is 2.15. The zero-order chi connectivity index (χ0) is 8.41. The quantitative estimate of drug-likeness (QED) is 0.451. The second-order valence-corrected chi connectivity index (χ2v) is 2.02. The average Bonchev–Trinajstić information content (AvgIpc) is 1.93. The molecule has 0 spiro atoms. The summed E-state index contributed by atoms with van der Waals surface area (Å²) >= 11 is 2.15. The molecule has 0 rings (SSSR count). The Morgan fingerprint density at radius 1 is 1.20 bits per heavy atom. The maximum Gasteiger partial charge on any atom is 0.697 e. The maximum atomic E-state index is 10.3. The van der Waals surface area contributed by atoms with Crippen molar-refractivity contribution in [1.82, 2.24) is 0 Å². The van der Waals surface area contributed by atoms with Gasteiger partial charge in [0.2, 0.25) is 0 Å². The Morgan fingerprint density at radius 3 is 1.70 bits per heavy atom. The van der Waals surface area contributed by atoms with E-state index in [-0.39, 0.29) is 0 Å². The Labute approximate surface area is 76.6 Å². The van der Waals surface area contributed by atoms with Crippen LogP contribution < -0.4 is 0 Å². The molecule has 0 heterocycles. The summed E-state index contributed by atoms with van der Waals surface area (Å²) in [6.07, 6.45) is 0. The molecule has 0 aromatic carbocycles. The van der Waals surface area contributed by atoms with Crippen LogP contribution in [0, 0.1) is 0 Å². The van der Waals surface area contributed by atoms with E-state index in [1.807, 2.05) is 4.93 Å². The Bertz CT molecular complexity index is 71.3. The molecule has 0 aliphatic carbocycles. The first-order valence-electron chi connectivity index (χ1n) is 2.92. The minimum atomic E-state index is -1.83. The summed E-state index contributed by atoms with van der Waals surface area (Å²) in [5.41, 5.74) is 0. The summed E-state index contributed by atoms with van der Waals surface area (Å²) in [5.74, 6) is 0. The van der Waals surface area contributed by atoms with E-state index >= 15 is 0 Å². The molecule has 0 saturated heterocycles. The molecule has 0 unspecified atom stereocenters. The van der Waals surface area contributed by atoms with Gasteiger partial charge in [0.25, 0.3) is 0 Å². The summed E-state index contributed by atoms with van der Waals surface area (Å²) in [5, 5.41) is 0. The third-order valence-corrected chi connectivity index (χ3v) is 1.41. The molecule has 0 aromatic rings. The van der Waals surface area contributed by atoms with Gasteiger partial charge in [-0.25, -0.2) is 0 Å². The maximum absolute atomic E-state index is 10.3. The standard InChI is InChI=1S/C4H10O3P.CH3I/c1-3-6-8(5)7-4-2;1-2/h3-4H2,1-2H3;1H3/q+1;. The van der Waals surface area contributed by atoms with E-state index in [2.05, 4.69) is 31.6 Å². The molecule has 0 fully saturated rings. The van der Waals surface area contributed by atoms with Crippen molar-refractivity contribution in [2.45, 2.75) is 13.8 Å². The van der Waals surface area contributed by atoms with Crippen molar-refractivity contribution in [3.05, 3.63) is 0 Å². The largest absolute Gasteiger partial charge is 0.697 e. The third-order valence-electron chi connectivity index (χ3n) is 0.469. The van der Waals surface area contributed by atoms with E-state index in [4.69, 9.17) is 0 Å². The topological polar surface area (TPSA) is 35.5 Å². The lowest BCUT2D eigenvalue weighted by atomic mass is 10.9. The van der Waals surface area contributed by atoms with Gasteiger partial charge >= 0.3 is 8.25 Å². The van der Waals surface area contributed by atoms with Gasteiger partial charge in [0.1, 0.15) is 13.2 Å². The fourth-order valence-electron chi connectivity index (χ4n) is 0.248. The lowest BCUT2D eigenvalue weighted by Gasteiger charge is -1.78. The van der Waals surface area contributed by atoms with Gasteiger partial charge in [-0.15, -0.1) is 9.05 Å². The highest BCUT2D eigenvalue weighted by Crippen LogP contribution is 2.21. The Morgan fingerprint density at radius 2 is 1.50 bits per heavy atom. The molecule has 0 amide bonds. The SMILES string of the molecule is CCO[P+](=O)OCC.CI. The summed E-state index contributed by atoms with van der Waals surface area (Å²) in [6.45, 7) is 4.42. The van der Waals surface area contributed by atoms with Gasteiger partial charge in [-0.05, 0) is 18.8 Å². The van der Waals surface area contributed by atoms with Crippen molar-refractivity contribution in [1.29, 1.82) is 0 Å². The first-order chi connectivity index (χ1) is 4.81. The Kier molecular flexibility index (Phi) is 16.6. The molecule has 0 bridgehead atoms. The fourth-order valence-corrected chi connectivity index (χ4v) is 0.744. The number of rotatable bonds is 4. The van der Waals surface area contributed by atoms with Crippen molar-refractivity contribution >= 4 is 30.8 Å². The third kappa shape index (κ3) is 11.5. The predicted octanol–water partition coefficient (Wildman–Crippen LogP) is 2.77. The summed E-state index contributed by atoms with van der Waals surface area (Å²) < 4.78 is 19.5. The van der Waals surface area contributed by atoms with Gasteiger partial charge in [-0.1, -0.05) is 22.6 Å². The first kappa shape index (κ1) is 13.3. The number of hydrogen-bond acceptors (Lipinski definition) is 3. The van der Waals surface area contributed by atoms with Crippen LogP contribution in [0.5, 0.6) is 0 Å². The normalized spacial score (nSPS) is 8.00. The second-order valence-electron chi connectivity index (χ2n) is 1.06. The Balaban J connectivity index is 0. The molecule has 3 nitrogen and oxygen atoms in total. The fraction of sp³-hybridized carbons (Fsp3) is 1.00. The van der Waals surface area contributed by atoms with E-state index in [1.54, 1.807) is 13.8 Å². The van der Waals surface area contributed by atoms with Crippen molar-refractivity contribution in [2.75, 3.05) is 18.1 Å². The van der Waals surface area contributed by atoms with E-state index < -0.39 is 8.25 Å². The van der Waals surface area contributed by atoms with Gasteiger partial charge in [0, 0.05) is 4.57 Å². The second kappa shape index (κ2) is 12.4. The van der Waals surface area contributed by atoms with Crippen LogP contribution in [-0.4, -0.2) is 18.1 Å².